The third-order valence-electron chi connectivity index (χ3n) is 3.58. The molecular weight excluding hydrogens is 226 g/mol. The average Bonchev–Trinajstić information content (AvgIpc) is 2.78. The van der Waals surface area contributed by atoms with Gasteiger partial charge in [-0.05, 0) is 37.5 Å². The Morgan fingerprint density at radius 2 is 2.22 bits per heavy atom. The van der Waals surface area contributed by atoms with Crippen LogP contribution < -0.4 is 11.3 Å². The van der Waals surface area contributed by atoms with Gasteiger partial charge in [0.2, 0.25) is 0 Å². The zero-order valence-corrected chi connectivity index (χ0v) is 10.7. The van der Waals surface area contributed by atoms with E-state index in [1.165, 1.54) is 0 Å². The number of benzene rings is 1. The van der Waals surface area contributed by atoms with Gasteiger partial charge in [-0.1, -0.05) is 6.07 Å². The highest BCUT2D eigenvalue weighted by molar-refractivity contribution is 5.82. The molecule has 2 heterocycles. The fourth-order valence-corrected chi connectivity index (χ4v) is 2.71. The molecule has 2 N–H and O–H groups in total. The number of fused-ring (bicyclic) bond motifs is 2. The molecule has 1 aliphatic heterocycles. The number of aryl methyl sites for hydroxylation is 2. The summed E-state index contributed by atoms with van der Waals surface area (Å²) in [5.74, 6) is 0.901. The van der Waals surface area contributed by atoms with Crippen LogP contribution in [0.2, 0.25) is 0 Å². The maximum atomic E-state index is 12.4. The number of rotatable bonds is 1. The van der Waals surface area contributed by atoms with Crippen molar-refractivity contribution in [2.75, 3.05) is 0 Å². The molecule has 94 valence electrons. The molecule has 0 saturated heterocycles. The van der Waals surface area contributed by atoms with Crippen LogP contribution >= 0.6 is 0 Å². The molecule has 1 aromatic carbocycles. The van der Waals surface area contributed by atoms with Crippen LogP contribution in [0.1, 0.15) is 36.3 Å². The standard InChI is InChI=1S/C14H17N3O/c1-8-6-10(9(2)15)13-11(7-8)14(18)17-5-3-4-12(17)16-13/h6-7,9H,3-5,15H2,1-2H3/t9-/m1/s1. The highest BCUT2D eigenvalue weighted by Crippen LogP contribution is 2.23. The average molecular weight is 243 g/mol. The van der Waals surface area contributed by atoms with Gasteiger partial charge in [-0.15, -0.1) is 0 Å². The summed E-state index contributed by atoms with van der Waals surface area (Å²) in [6, 6.07) is 3.84. The summed E-state index contributed by atoms with van der Waals surface area (Å²) in [7, 11) is 0. The second kappa shape index (κ2) is 3.92. The summed E-state index contributed by atoms with van der Waals surface area (Å²) in [6.45, 7) is 4.71. The molecule has 0 radical (unpaired) electrons. The van der Waals surface area contributed by atoms with Crippen LogP contribution in [0.25, 0.3) is 10.9 Å². The van der Waals surface area contributed by atoms with E-state index in [0.29, 0.717) is 5.39 Å². The summed E-state index contributed by atoms with van der Waals surface area (Å²) in [4.78, 5) is 17.1. The van der Waals surface area contributed by atoms with E-state index in [4.69, 9.17) is 5.73 Å². The van der Waals surface area contributed by atoms with Crippen molar-refractivity contribution in [1.29, 1.82) is 0 Å². The molecule has 0 amide bonds. The molecule has 4 nitrogen and oxygen atoms in total. The molecule has 0 fully saturated rings. The summed E-state index contributed by atoms with van der Waals surface area (Å²) in [6.07, 6.45) is 1.89. The minimum absolute atomic E-state index is 0.0816. The number of aromatic nitrogens is 2. The number of hydrogen-bond acceptors (Lipinski definition) is 3. The second-order valence-electron chi connectivity index (χ2n) is 5.13. The lowest BCUT2D eigenvalue weighted by atomic mass is 10.0. The molecule has 4 heteroatoms. The Bertz CT molecular complexity index is 685. The summed E-state index contributed by atoms with van der Waals surface area (Å²) in [5, 5.41) is 0.702. The van der Waals surface area contributed by atoms with Gasteiger partial charge in [0.05, 0.1) is 10.9 Å². The van der Waals surface area contributed by atoms with Crippen LogP contribution in [0.5, 0.6) is 0 Å². The molecule has 1 atom stereocenters. The topological polar surface area (TPSA) is 60.9 Å². The molecule has 0 unspecified atom stereocenters. The lowest BCUT2D eigenvalue weighted by Gasteiger charge is -2.12. The maximum Gasteiger partial charge on any atom is 0.261 e. The molecule has 18 heavy (non-hydrogen) atoms. The smallest absolute Gasteiger partial charge is 0.261 e. The fourth-order valence-electron chi connectivity index (χ4n) is 2.71. The summed E-state index contributed by atoms with van der Waals surface area (Å²) in [5.41, 5.74) is 8.89. The van der Waals surface area contributed by atoms with Gasteiger partial charge in [0.25, 0.3) is 5.56 Å². The number of hydrogen-bond donors (Lipinski definition) is 1. The minimum Gasteiger partial charge on any atom is -0.324 e. The van der Waals surface area contributed by atoms with E-state index in [0.717, 1.165) is 41.9 Å². The molecule has 0 saturated carbocycles. The molecule has 1 aliphatic rings. The Labute approximate surface area is 105 Å². The maximum absolute atomic E-state index is 12.4. The van der Waals surface area contributed by atoms with E-state index in [9.17, 15) is 4.79 Å². The van der Waals surface area contributed by atoms with E-state index in [1.54, 1.807) is 4.57 Å². The molecule has 0 bridgehead atoms. The van der Waals surface area contributed by atoms with Crippen molar-refractivity contribution in [2.45, 2.75) is 39.3 Å². The van der Waals surface area contributed by atoms with E-state index in [1.807, 2.05) is 26.0 Å². The van der Waals surface area contributed by atoms with E-state index < -0.39 is 0 Å². The van der Waals surface area contributed by atoms with Gasteiger partial charge >= 0.3 is 0 Å². The zero-order valence-electron chi connectivity index (χ0n) is 10.7. The molecule has 0 spiro atoms. The lowest BCUT2D eigenvalue weighted by Crippen LogP contribution is -2.22. The highest BCUT2D eigenvalue weighted by Gasteiger charge is 2.18. The SMILES string of the molecule is Cc1cc([C@@H](C)N)c2nc3n(c(=O)c2c1)CCC3. The summed E-state index contributed by atoms with van der Waals surface area (Å²) >= 11 is 0. The quantitative estimate of drug-likeness (QED) is 0.828. The first kappa shape index (κ1) is 11.4. The second-order valence-corrected chi connectivity index (χ2v) is 5.13. The first-order chi connectivity index (χ1) is 8.58. The van der Waals surface area contributed by atoms with Crippen molar-refractivity contribution in [2.24, 2.45) is 5.73 Å². The van der Waals surface area contributed by atoms with Crippen LogP contribution in [-0.4, -0.2) is 9.55 Å². The van der Waals surface area contributed by atoms with Crippen molar-refractivity contribution in [3.8, 4) is 0 Å². The predicted molar refractivity (Wildman–Crippen MR) is 71.7 cm³/mol. The van der Waals surface area contributed by atoms with Crippen LogP contribution in [0.4, 0.5) is 0 Å². The van der Waals surface area contributed by atoms with Gasteiger partial charge in [0, 0.05) is 19.0 Å². The predicted octanol–water partition coefficient (Wildman–Crippen LogP) is 1.67. The van der Waals surface area contributed by atoms with Crippen LogP contribution in [0, 0.1) is 6.92 Å². The fraction of sp³-hybridized carbons (Fsp3) is 0.429. The third kappa shape index (κ3) is 1.56. The minimum atomic E-state index is -0.108. The highest BCUT2D eigenvalue weighted by atomic mass is 16.1. The Kier molecular flexibility index (Phi) is 2.48. The normalized spacial score (nSPS) is 15.9. The Morgan fingerprint density at radius 3 is 2.94 bits per heavy atom. The molecule has 0 aliphatic carbocycles. The van der Waals surface area contributed by atoms with Crippen molar-refractivity contribution in [3.63, 3.8) is 0 Å². The van der Waals surface area contributed by atoms with Gasteiger partial charge < -0.3 is 5.73 Å². The van der Waals surface area contributed by atoms with Gasteiger partial charge in [-0.3, -0.25) is 9.36 Å². The van der Waals surface area contributed by atoms with Crippen LogP contribution in [0.3, 0.4) is 0 Å². The van der Waals surface area contributed by atoms with Gasteiger partial charge in [-0.25, -0.2) is 4.98 Å². The first-order valence-electron chi connectivity index (χ1n) is 6.37. The zero-order chi connectivity index (χ0) is 12.9. The number of nitrogens with zero attached hydrogens (tertiary/aromatic N) is 2. The molecular formula is C14H17N3O. The van der Waals surface area contributed by atoms with Crippen LogP contribution in [-0.2, 0) is 13.0 Å². The van der Waals surface area contributed by atoms with Crippen molar-refractivity contribution >= 4 is 10.9 Å². The van der Waals surface area contributed by atoms with E-state index in [2.05, 4.69) is 4.98 Å². The van der Waals surface area contributed by atoms with Gasteiger partial charge in [-0.2, -0.15) is 0 Å². The third-order valence-corrected chi connectivity index (χ3v) is 3.58. The monoisotopic (exact) mass is 243 g/mol. The largest absolute Gasteiger partial charge is 0.324 e. The first-order valence-corrected chi connectivity index (χ1v) is 6.37. The van der Waals surface area contributed by atoms with Gasteiger partial charge in [0.1, 0.15) is 5.82 Å². The van der Waals surface area contributed by atoms with E-state index in [-0.39, 0.29) is 11.6 Å². The van der Waals surface area contributed by atoms with Crippen molar-refractivity contribution in [1.82, 2.24) is 9.55 Å². The number of nitrogens with two attached hydrogens (primary N) is 1. The van der Waals surface area contributed by atoms with Crippen molar-refractivity contribution < 1.29 is 0 Å². The summed E-state index contributed by atoms with van der Waals surface area (Å²) < 4.78 is 1.80. The Morgan fingerprint density at radius 1 is 1.44 bits per heavy atom. The van der Waals surface area contributed by atoms with Crippen molar-refractivity contribution in [3.05, 3.63) is 39.4 Å². The lowest BCUT2D eigenvalue weighted by molar-refractivity contribution is 0.718. The molecule has 1 aromatic heterocycles. The molecule has 2 aromatic rings. The van der Waals surface area contributed by atoms with Crippen LogP contribution in [0.15, 0.2) is 16.9 Å². The Balaban J connectivity index is 2.46. The Hall–Kier alpha value is -1.68. The van der Waals surface area contributed by atoms with Gasteiger partial charge in [0.15, 0.2) is 0 Å². The molecule has 3 rings (SSSR count). The van der Waals surface area contributed by atoms with E-state index >= 15 is 0 Å².